The van der Waals surface area contributed by atoms with Gasteiger partial charge in [0.15, 0.2) is 0 Å². The van der Waals surface area contributed by atoms with Crippen LogP contribution >= 0.6 is 45.3 Å². The quantitative estimate of drug-likeness (QED) is 0.0549. The van der Waals surface area contributed by atoms with E-state index in [2.05, 4.69) is 26.8 Å². The molecule has 0 fully saturated rings. The Morgan fingerprint density at radius 1 is 0.623 bits per heavy atom. The van der Waals surface area contributed by atoms with Crippen LogP contribution in [-0.2, 0) is 44.8 Å². The number of nitrogens with zero attached hydrogens (tertiary/aromatic N) is 6. The molecule has 0 aliphatic rings. The average molecular weight is 1180 g/mol. The van der Waals surface area contributed by atoms with Crippen LogP contribution in [0.4, 0.5) is 16.2 Å². The number of thiophene rings is 2. The molecule has 77 heavy (non-hydrogen) atoms. The van der Waals surface area contributed by atoms with Gasteiger partial charge in [-0.1, -0.05) is 97.1 Å². The summed E-state index contributed by atoms with van der Waals surface area (Å²) in [6.07, 6.45) is 1.06. The SMILES string of the molecule is CC(=O)N(C)[C@@H](Cc1ccccc1)C(=O)N[C@@H](Cc1ccc([N+](=O)[O-])cc1)c1csc(-c2cccs2)n1.COC(=O)N(C)[C@@H](Cc1ccccc1)C(=O)O.[Br-].[NH3+][C@@H](Cc1ccc([N+](=O)[O-])cc1)c1csc(-c2cccs2)n1. The van der Waals surface area contributed by atoms with Crippen molar-refractivity contribution in [2.75, 3.05) is 21.2 Å². The van der Waals surface area contributed by atoms with Gasteiger partial charge < -0.3 is 42.8 Å². The highest BCUT2D eigenvalue weighted by molar-refractivity contribution is 7.20. The number of benzene rings is 4. The number of aromatic nitrogens is 2. The predicted molar refractivity (Wildman–Crippen MR) is 295 cm³/mol. The number of thiazole rings is 2. The second-order valence-corrected chi connectivity index (χ2v) is 20.7. The molecule has 0 aliphatic heterocycles. The van der Waals surface area contributed by atoms with Gasteiger partial charge in [-0.2, -0.15) is 0 Å². The molecule has 0 bridgehead atoms. The van der Waals surface area contributed by atoms with E-state index < -0.39 is 35.1 Å². The normalized spacial score (nSPS) is 12.1. The van der Waals surface area contributed by atoms with Crippen molar-refractivity contribution in [1.29, 1.82) is 0 Å². The largest absolute Gasteiger partial charge is 1.00 e. The van der Waals surface area contributed by atoms with Gasteiger partial charge in [-0.25, -0.2) is 19.6 Å². The van der Waals surface area contributed by atoms with E-state index in [0.29, 0.717) is 25.0 Å². The summed E-state index contributed by atoms with van der Waals surface area (Å²) in [4.78, 5) is 83.3. The standard InChI is InChI=1S/C27H26N4O4S2.C15H13N3O2S2.C12H15NO4.BrH/c1-18(32)30(2)24(16-19-7-4-3-5-8-19)26(33)28-22(15-20-10-12-21(13-11-20)31(34)35)23-17-37-27(29-23)25-9-6-14-36-25;16-12(8-10-3-5-11(6-4-10)18(19)20)13-9-22-15(17-13)14-2-1-7-21-14;1-13(12(16)17-2)10(11(14)15)8-9-6-4-3-5-7-9;/h3-14,17,22,24H,15-16H2,1-2H3,(H,28,33);1-7,9,12H,8,16H2;3-7,10H,8H2,1-2H3,(H,14,15);1H/t22-,24-;12-;10-;/m000./s1. The third kappa shape index (κ3) is 17.8. The molecule has 402 valence electrons. The number of non-ortho nitro benzene ring substituents is 2. The number of rotatable bonds is 19. The van der Waals surface area contributed by atoms with Gasteiger partial charge in [0.1, 0.15) is 33.8 Å². The first-order valence-corrected chi connectivity index (χ1v) is 27.0. The van der Waals surface area contributed by atoms with Gasteiger partial charge in [-0.05, 0) is 51.6 Å². The molecule has 4 atom stereocenters. The third-order valence-electron chi connectivity index (χ3n) is 11.8. The lowest BCUT2D eigenvalue weighted by atomic mass is 10.0. The van der Waals surface area contributed by atoms with Crippen LogP contribution in [0.2, 0.25) is 0 Å². The number of carboxylic acid groups (broad SMARTS) is 1. The van der Waals surface area contributed by atoms with Crippen LogP contribution in [0.25, 0.3) is 19.8 Å². The van der Waals surface area contributed by atoms with E-state index in [1.807, 2.05) is 100 Å². The number of nitro groups is 2. The number of nitrogens with one attached hydrogen (secondary N) is 1. The second-order valence-electron chi connectivity index (χ2n) is 17.1. The number of methoxy groups -OCH3 is 1. The average Bonchev–Trinajstić information content (AvgIpc) is 4.30. The molecule has 3 amide bonds. The molecule has 0 saturated carbocycles. The number of hydrogen-bond acceptors (Lipinski definition) is 15. The van der Waals surface area contributed by atoms with E-state index >= 15 is 0 Å². The molecule has 4 aromatic carbocycles. The van der Waals surface area contributed by atoms with Crippen LogP contribution in [-0.4, -0.2) is 91.9 Å². The van der Waals surface area contributed by atoms with Gasteiger partial charge in [-0.15, -0.1) is 45.3 Å². The van der Waals surface area contributed by atoms with Crippen molar-refractivity contribution in [2.45, 2.75) is 56.8 Å². The van der Waals surface area contributed by atoms with Crippen molar-refractivity contribution >= 4 is 80.6 Å². The number of nitro benzene ring substituents is 2. The summed E-state index contributed by atoms with van der Waals surface area (Å²) < 4.78 is 4.50. The van der Waals surface area contributed by atoms with E-state index in [9.17, 15) is 39.4 Å². The van der Waals surface area contributed by atoms with E-state index in [1.165, 1.54) is 66.5 Å². The Balaban J connectivity index is 0.000000232. The van der Waals surface area contributed by atoms with Gasteiger partial charge in [0, 0.05) is 75.3 Å². The van der Waals surface area contributed by atoms with Crippen LogP contribution in [0.5, 0.6) is 0 Å². The first-order valence-electron chi connectivity index (χ1n) is 23.4. The number of amides is 3. The van der Waals surface area contributed by atoms with Crippen LogP contribution < -0.4 is 28.0 Å². The molecule has 0 radical (unpaired) electrons. The maximum atomic E-state index is 13.6. The molecular formula is C54H55BrN8O10S4. The minimum atomic E-state index is -1.05. The van der Waals surface area contributed by atoms with E-state index in [0.717, 1.165) is 47.7 Å². The molecule has 23 heteroatoms. The number of hydrogen-bond donors (Lipinski definition) is 3. The molecule has 18 nitrogen and oxygen atoms in total. The van der Waals surface area contributed by atoms with Crippen LogP contribution in [0.15, 0.2) is 155 Å². The fourth-order valence-electron chi connectivity index (χ4n) is 7.54. The first kappa shape index (κ1) is 60.3. The lowest BCUT2D eigenvalue weighted by Crippen LogP contribution is -3.00. The summed E-state index contributed by atoms with van der Waals surface area (Å²) in [5, 5.41) is 43.8. The maximum absolute atomic E-state index is 13.6. The molecule has 0 saturated heterocycles. The summed E-state index contributed by atoms with van der Waals surface area (Å²) in [6, 6.07) is 37.5. The number of aliphatic carboxylic acids is 1. The Bertz CT molecular complexity index is 3150. The number of carboxylic acids is 1. The summed E-state index contributed by atoms with van der Waals surface area (Å²) in [7, 11) is 4.26. The Morgan fingerprint density at radius 3 is 1.49 bits per heavy atom. The summed E-state index contributed by atoms with van der Waals surface area (Å²) >= 11 is 6.38. The Kier molecular flexibility index (Phi) is 23.3. The molecule has 0 unspecified atom stereocenters. The van der Waals surface area contributed by atoms with Crippen LogP contribution in [0.1, 0.15) is 52.6 Å². The molecular weight excluding hydrogens is 1130 g/mol. The fourth-order valence-corrected chi connectivity index (χ4v) is 10.9. The van der Waals surface area contributed by atoms with Crippen molar-refractivity contribution in [3.05, 3.63) is 209 Å². The van der Waals surface area contributed by atoms with E-state index in [-0.39, 0.29) is 57.6 Å². The topological polar surface area (TPSA) is 256 Å². The zero-order valence-electron chi connectivity index (χ0n) is 42.2. The number of quaternary nitrogens is 1. The molecule has 4 aromatic heterocycles. The van der Waals surface area contributed by atoms with E-state index in [1.54, 1.807) is 65.3 Å². The lowest BCUT2D eigenvalue weighted by Gasteiger charge is -2.28. The van der Waals surface area contributed by atoms with Crippen molar-refractivity contribution in [3.8, 4) is 19.8 Å². The van der Waals surface area contributed by atoms with Crippen LogP contribution in [0, 0.1) is 20.2 Å². The molecule has 0 aliphatic carbocycles. The molecule has 5 N–H and O–H groups in total. The minimum Gasteiger partial charge on any atom is -1.00 e. The molecule has 0 spiro atoms. The summed E-state index contributed by atoms with van der Waals surface area (Å²) in [5.41, 5.74) is 9.59. The number of ether oxygens (including phenoxy) is 1. The molecule has 8 aromatic rings. The van der Waals surface area contributed by atoms with Crippen molar-refractivity contribution < 1.29 is 61.6 Å². The van der Waals surface area contributed by atoms with Gasteiger partial charge >= 0.3 is 12.1 Å². The first-order chi connectivity index (χ1) is 36.5. The Labute approximate surface area is 470 Å². The van der Waals surface area contributed by atoms with Gasteiger partial charge in [0.25, 0.3) is 11.4 Å². The van der Waals surface area contributed by atoms with Gasteiger partial charge in [-0.3, -0.25) is 34.7 Å². The zero-order chi connectivity index (χ0) is 54.7. The monoisotopic (exact) mass is 1180 g/mol. The zero-order valence-corrected chi connectivity index (χ0v) is 47.0. The van der Waals surface area contributed by atoms with Crippen molar-refractivity contribution in [2.24, 2.45) is 0 Å². The predicted octanol–water partition coefficient (Wildman–Crippen LogP) is 6.96. The Hall–Kier alpha value is -7.54. The minimum absolute atomic E-state index is 0. The van der Waals surface area contributed by atoms with Crippen molar-refractivity contribution in [1.82, 2.24) is 25.1 Å². The maximum Gasteiger partial charge on any atom is 0.409 e. The lowest BCUT2D eigenvalue weighted by molar-refractivity contribution is -0.427. The third-order valence-corrected chi connectivity index (χ3v) is 15.6. The number of likely N-dealkylation sites (N-methyl/N-ethyl adjacent to an activating group) is 2. The number of halogens is 1. The van der Waals surface area contributed by atoms with Crippen molar-refractivity contribution in [3.63, 3.8) is 0 Å². The number of carbonyl (C=O) groups is 4. The Morgan fingerprint density at radius 2 is 1.06 bits per heavy atom. The highest BCUT2D eigenvalue weighted by atomic mass is 79.9. The second kappa shape index (κ2) is 29.7. The fraction of sp³-hybridized carbons (Fsp3) is 0.222. The van der Waals surface area contributed by atoms with Gasteiger partial charge in [0.05, 0.1) is 38.4 Å². The van der Waals surface area contributed by atoms with Crippen LogP contribution in [0.3, 0.4) is 0 Å². The highest BCUT2D eigenvalue weighted by Crippen LogP contribution is 2.32. The smallest absolute Gasteiger partial charge is 0.409 e. The molecule has 8 rings (SSSR count). The summed E-state index contributed by atoms with van der Waals surface area (Å²) in [5.74, 6) is -1.56. The number of carbonyl (C=O) groups excluding carboxylic acids is 3. The summed E-state index contributed by atoms with van der Waals surface area (Å²) in [6.45, 7) is 1.44. The van der Waals surface area contributed by atoms with E-state index in [4.69, 9.17) is 10.1 Å². The van der Waals surface area contributed by atoms with Gasteiger partial charge in [0.2, 0.25) is 11.8 Å². The molecule has 4 heterocycles. The highest BCUT2D eigenvalue weighted by Gasteiger charge is 2.30.